The molecule has 0 aliphatic heterocycles. The van der Waals surface area contributed by atoms with Crippen LogP contribution in [0, 0.1) is 11.2 Å². The number of hydrogen-bond donors (Lipinski definition) is 2. The third-order valence-corrected chi connectivity index (χ3v) is 7.40. The van der Waals surface area contributed by atoms with E-state index in [2.05, 4.69) is 29.8 Å². The number of aliphatic hydroxyl groups is 1. The van der Waals surface area contributed by atoms with Crippen molar-refractivity contribution in [3.63, 3.8) is 0 Å². The van der Waals surface area contributed by atoms with Gasteiger partial charge >= 0.3 is 0 Å². The minimum Gasteiger partial charge on any atom is -0.508 e. The number of aliphatic imine (C=N–C) groups is 1. The van der Waals surface area contributed by atoms with Gasteiger partial charge in [0.2, 0.25) is 0 Å². The van der Waals surface area contributed by atoms with Gasteiger partial charge in [0.05, 0.1) is 23.1 Å². The molecule has 2 N–H and O–H groups in total. The Morgan fingerprint density at radius 3 is 2.72 bits per heavy atom. The molecular weight excluding hydrogens is 405 g/mol. The van der Waals surface area contributed by atoms with Gasteiger partial charge in [0.1, 0.15) is 17.7 Å². The lowest BCUT2D eigenvalue weighted by atomic mass is 9.53. The summed E-state index contributed by atoms with van der Waals surface area (Å²) in [7, 11) is 0. The van der Waals surface area contributed by atoms with E-state index in [0.717, 1.165) is 29.8 Å². The van der Waals surface area contributed by atoms with Crippen molar-refractivity contribution in [3.05, 3.63) is 82.9 Å². The van der Waals surface area contributed by atoms with E-state index in [1.54, 1.807) is 30.3 Å². The highest BCUT2D eigenvalue weighted by Gasteiger charge is 2.57. The average molecular weight is 432 g/mol. The molecule has 1 fully saturated rings. The average Bonchev–Trinajstić information content (AvgIpc) is 3.19. The van der Waals surface area contributed by atoms with Crippen LogP contribution in [0.4, 0.5) is 4.39 Å². The minimum atomic E-state index is -0.908. The van der Waals surface area contributed by atoms with Crippen molar-refractivity contribution < 1.29 is 14.6 Å². The largest absolute Gasteiger partial charge is 0.508 e. The maximum absolute atomic E-state index is 13.4. The monoisotopic (exact) mass is 431 g/mol. The van der Waals surface area contributed by atoms with Gasteiger partial charge in [-0.25, -0.2) is 9.07 Å². The number of halogens is 1. The molecule has 3 atom stereocenters. The zero-order valence-electron chi connectivity index (χ0n) is 18.0. The summed E-state index contributed by atoms with van der Waals surface area (Å²) in [5.41, 5.74) is 3.38. The van der Waals surface area contributed by atoms with Crippen molar-refractivity contribution in [2.24, 2.45) is 10.4 Å². The van der Waals surface area contributed by atoms with E-state index in [9.17, 15) is 14.6 Å². The second-order valence-electron chi connectivity index (χ2n) is 9.06. The van der Waals surface area contributed by atoms with Crippen molar-refractivity contribution in [1.29, 1.82) is 0 Å². The van der Waals surface area contributed by atoms with Crippen LogP contribution in [-0.4, -0.2) is 32.2 Å². The number of nitrogens with zero attached hydrogens (tertiary/aromatic N) is 3. The van der Waals surface area contributed by atoms with Crippen LogP contribution in [0.25, 0.3) is 11.8 Å². The standard InChI is InChI=1S/C26H26FN3O2/c1-25-15-18-16-29-30(21-10-8-20(27)9-11-21)23(18)14-19(25)6-4-12-26(25,28-2)24(32)17-5-3-7-22(31)13-17/h3,5,7-11,13-14,16,24,31-32H,2,4,6,12,15H2,1H3/t24-,25?,26-/m0/s1. The lowest BCUT2D eigenvalue weighted by Gasteiger charge is -2.54. The first-order chi connectivity index (χ1) is 15.4. The molecule has 2 aromatic carbocycles. The Morgan fingerprint density at radius 2 is 2.00 bits per heavy atom. The van der Waals surface area contributed by atoms with Crippen LogP contribution in [0.1, 0.15) is 49.1 Å². The number of phenols is 1. The molecule has 1 aromatic heterocycles. The third kappa shape index (κ3) is 2.93. The molecule has 1 unspecified atom stereocenters. The lowest BCUT2D eigenvalue weighted by molar-refractivity contribution is -0.00402. The fourth-order valence-corrected chi connectivity index (χ4v) is 5.64. The Hall–Kier alpha value is -3.25. The van der Waals surface area contributed by atoms with E-state index in [0.29, 0.717) is 18.4 Å². The number of fused-ring (bicyclic) bond motifs is 2. The van der Waals surface area contributed by atoms with E-state index < -0.39 is 17.1 Å². The first-order valence-electron chi connectivity index (χ1n) is 10.9. The number of aliphatic hydroxyl groups excluding tert-OH is 1. The van der Waals surface area contributed by atoms with Crippen LogP contribution in [0.3, 0.4) is 0 Å². The Labute approximate surface area is 186 Å². The van der Waals surface area contributed by atoms with Crippen LogP contribution in [0.15, 0.2) is 65.3 Å². The quantitative estimate of drug-likeness (QED) is 0.570. The Kier molecular flexibility index (Phi) is 4.78. The molecule has 164 valence electrons. The van der Waals surface area contributed by atoms with Gasteiger partial charge in [-0.2, -0.15) is 5.10 Å². The topological polar surface area (TPSA) is 70.6 Å². The number of rotatable bonds is 4. The van der Waals surface area contributed by atoms with Gasteiger partial charge < -0.3 is 10.2 Å². The predicted molar refractivity (Wildman–Crippen MR) is 123 cm³/mol. The summed E-state index contributed by atoms with van der Waals surface area (Å²) in [5.74, 6) is -0.167. The maximum atomic E-state index is 13.4. The smallest absolute Gasteiger partial charge is 0.123 e. The summed E-state index contributed by atoms with van der Waals surface area (Å²) < 4.78 is 15.2. The van der Waals surface area contributed by atoms with Gasteiger partial charge in [0, 0.05) is 5.41 Å². The molecule has 5 rings (SSSR count). The van der Waals surface area contributed by atoms with Gasteiger partial charge in [-0.3, -0.25) is 4.99 Å². The molecule has 0 saturated heterocycles. The fraction of sp³-hybridized carbons (Fsp3) is 0.308. The summed E-state index contributed by atoms with van der Waals surface area (Å²) >= 11 is 0. The molecule has 0 amide bonds. The molecule has 1 heterocycles. The van der Waals surface area contributed by atoms with Crippen LogP contribution >= 0.6 is 0 Å². The molecule has 0 bridgehead atoms. The van der Waals surface area contributed by atoms with Gasteiger partial charge in [0.25, 0.3) is 0 Å². The molecule has 32 heavy (non-hydrogen) atoms. The first-order valence-corrected chi connectivity index (χ1v) is 10.9. The highest BCUT2D eigenvalue weighted by molar-refractivity contribution is 5.63. The fourth-order valence-electron chi connectivity index (χ4n) is 5.64. The number of aromatic hydroxyl groups is 1. The molecule has 3 aromatic rings. The Morgan fingerprint density at radius 1 is 1.22 bits per heavy atom. The molecule has 6 heteroatoms. The highest BCUT2D eigenvalue weighted by Crippen LogP contribution is 2.59. The van der Waals surface area contributed by atoms with Crippen LogP contribution in [0.2, 0.25) is 0 Å². The Balaban J connectivity index is 1.60. The first kappa shape index (κ1) is 20.6. The van der Waals surface area contributed by atoms with Crippen LogP contribution < -0.4 is 0 Å². The third-order valence-electron chi connectivity index (χ3n) is 7.40. The number of phenolic OH excluding ortho intramolecular Hbond substituents is 1. The van der Waals surface area contributed by atoms with Crippen LogP contribution in [-0.2, 0) is 6.42 Å². The normalized spacial score (nSPS) is 25.4. The van der Waals surface area contributed by atoms with E-state index in [4.69, 9.17) is 0 Å². The Bertz CT molecular complexity index is 1220. The van der Waals surface area contributed by atoms with Gasteiger partial charge in [0.15, 0.2) is 0 Å². The number of aromatic nitrogens is 2. The summed E-state index contributed by atoms with van der Waals surface area (Å²) in [4.78, 5) is 4.60. The van der Waals surface area contributed by atoms with Crippen molar-refractivity contribution >= 4 is 12.8 Å². The van der Waals surface area contributed by atoms with Crippen LogP contribution in [0.5, 0.6) is 5.75 Å². The lowest BCUT2D eigenvalue weighted by Crippen LogP contribution is -2.54. The number of hydrogen-bond acceptors (Lipinski definition) is 4. The summed E-state index contributed by atoms with van der Waals surface area (Å²) in [5, 5.41) is 26.1. The molecule has 1 saturated carbocycles. The van der Waals surface area contributed by atoms with Crippen molar-refractivity contribution in [2.45, 2.75) is 44.2 Å². The van der Waals surface area contributed by atoms with Crippen molar-refractivity contribution in [1.82, 2.24) is 9.78 Å². The van der Waals surface area contributed by atoms with Gasteiger partial charge in [-0.1, -0.05) is 24.6 Å². The number of benzene rings is 2. The highest BCUT2D eigenvalue weighted by atomic mass is 19.1. The minimum absolute atomic E-state index is 0.115. The molecule has 5 nitrogen and oxygen atoms in total. The summed E-state index contributed by atoms with van der Waals surface area (Å²) in [6, 6.07) is 13.0. The zero-order chi connectivity index (χ0) is 22.5. The van der Waals surface area contributed by atoms with Crippen molar-refractivity contribution in [3.8, 4) is 11.4 Å². The summed E-state index contributed by atoms with van der Waals surface area (Å²) in [6.07, 6.45) is 6.22. The molecule has 2 aliphatic rings. The van der Waals surface area contributed by atoms with E-state index >= 15 is 0 Å². The second kappa shape index (κ2) is 7.41. The predicted octanol–water partition coefficient (Wildman–Crippen LogP) is 5.02. The van der Waals surface area contributed by atoms with Gasteiger partial charge in [-0.05, 0) is 86.0 Å². The molecule has 0 radical (unpaired) electrons. The van der Waals surface area contributed by atoms with Gasteiger partial charge in [-0.15, -0.1) is 0 Å². The second-order valence-corrected chi connectivity index (χ2v) is 9.06. The maximum Gasteiger partial charge on any atom is 0.123 e. The van der Waals surface area contributed by atoms with E-state index in [1.165, 1.54) is 17.7 Å². The summed E-state index contributed by atoms with van der Waals surface area (Å²) in [6.45, 7) is 6.07. The SMILES string of the molecule is C=N[C@]1([C@@H](O)c2cccc(O)c2)CCCC2=Cc3c(cnn3-c3ccc(F)cc3)CC21C. The molecule has 2 aliphatic carbocycles. The van der Waals surface area contributed by atoms with E-state index in [-0.39, 0.29) is 11.6 Å². The molecule has 0 spiro atoms. The van der Waals surface area contributed by atoms with Crippen molar-refractivity contribution in [2.75, 3.05) is 0 Å². The zero-order valence-corrected chi connectivity index (χ0v) is 18.0. The van der Waals surface area contributed by atoms with E-state index in [1.807, 2.05) is 16.9 Å². The molecular formula is C26H26FN3O2.